The molecule has 0 unspecified atom stereocenters. The number of hydrogen-bond acceptors (Lipinski definition) is 4. The van der Waals surface area contributed by atoms with E-state index >= 15 is 0 Å². The number of carbonyl (C=O) groups is 1. The first-order valence-corrected chi connectivity index (χ1v) is 8.43. The summed E-state index contributed by atoms with van der Waals surface area (Å²) in [6.07, 6.45) is -1.52. The van der Waals surface area contributed by atoms with Gasteiger partial charge in [0, 0.05) is 6.20 Å². The fourth-order valence-corrected chi connectivity index (χ4v) is 3.66. The van der Waals surface area contributed by atoms with Gasteiger partial charge in [-0.25, -0.2) is 0 Å². The lowest BCUT2D eigenvalue weighted by molar-refractivity contribution is -0.137. The lowest BCUT2D eigenvalue weighted by atomic mass is 10.1. The summed E-state index contributed by atoms with van der Waals surface area (Å²) in [5.41, 5.74) is -0.451. The Morgan fingerprint density at radius 1 is 1.24 bits per heavy atom. The van der Waals surface area contributed by atoms with Crippen molar-refractivity contribution in [2.75, 3.05) is 4.90 Å². The standard InChI is InChI=1S/C16H8ClF3N2OS2/c17-12-5-4-10(8-11(12)16(18,19)20)22-14(23)13(25-15(22)24)7-9-3-1-2-6-21-9/h1-8H. The number of hydrogen-bond donors (Lipinski definition) is 0. The van der Waals surface area contributed by atoms with Crippen LogP contribution in [-0.4, -0.2) is 15.2 Å². The highest BCUT2D eigenvalue weighted by molar-refractivity contribution is 8.27. The summed E-state index contributed by atoms with van der Waals surface area (Å²) in [5.74, 6) is -0.504. The number of aromatic nitrogens is 1. The van der Waals surface area contributed by atoms with E-state index in [4.69, 9.17) is 23.8 Å². The second-order valence-electron chi connectivity index (χ2n) is 4.93. The van der Waals surface area contributed by atoms with Crippen molar-refractivity contribution in [3.63, 3.8) is 0 Å². The van der Waals surface area contributed by atoms with Gasteiger partial charge in [-0.15, -0.1) is 0 Å². The van der Waals surface area contributed by atoms with E-state index in [-0.39, 0.29) is 14.9 Å². The highest BCUT2D eigenvalue weighted by atomic mass is 35.5. The van der Waals surface area contributed by atoms with Crippen LogP contribution in [0.3, 0.4) is 0 Å². The highest BCUT2D eigenvalue weighted by Gasteiger charge is 2.37. The molecule has 1 aromatic carbocycles. The largest absolute Gasteiger partial charge is 0.417 e. The molecule has 0 saturated carbocycles. The Hall–Kier alpha value is -1.90. The molecule has 0 radical (unpaired) electrons. The van der Waals surface area contributed by atoms with Gasteiger partial charge in [-0.3, -0.25) is 14.7 Å². The number of rotatable bonds is 2. The molecule has 0 atom stereocenters. The number of thiocarbonyl (C=S) groups is 1. The third-order valence-electron chi connectivity index (χ3n) is 3.27. The molecule has 3 rings (SSSR count). The molecule has 3 nitrogen and oxygen atoms in total. The normalized spacial score (nSPS) is 16.8. The van der Waals surface area contributed by atoms with E-state index in [0.29, 0.717) is 5.69 Å². The molecule has 128 valence electrons. The molecule has 0 spiro atoms. The minimum absolute atomic E-state index is 0.0173. The Balaban J connectivity index is 1.98. The zero-order chi connectivity index (χ0) is 18.2. The summed E-state index contributed by atoms with van der Waals surface area (Å²) in [6, 6.07) is 8.43. The Labute approximate surface area is 155 Å². The van der Waals surface area contributed by atoms with Crippen LogP contribution in [0.5, 0.6) is 0 Å². The van der Waals surface area contributed by atoms with E-state index in [2.05, 4.69) is 4.98 Å². The number of pyridine rings is 1. The topological polar surface area (TPSA) is 33.2 Å². The molecule has 1 aliphatic rings. The first-order valence-electron chi connectivity index (χ1n) is 6.83. The van der Waals surface area contributed by atoms with Gasteiger partial charge in [0.05, 0.1) is 26.9 Å². The van der Waals surface area contributed by atoms with Gasteiger partial charge < -0.3 is 0 Å². The van der Waals surface area contributed by atoms with Gasteiger partial charge in [-0.1, -0.05) is 41.6 Å². The number of amides is 1. The number of alkyl halides is 3. The van der Waals surface area contributed by atoms with Crippen LogP contribution in [0.25, 0.3) is 6.08 Å². The number of carbonyl (C=O) groups excluding carboxylic acids is 1. The first-order chi connectivity index (χ1) is 11.8. The molecule has 25 heavy (non-hydrogen) atoms. The van der Waals surface area contributed by atoms with Crippen LogP contribution in [0, 0.1) is 0 Å². The molecule has 0 bridgehead atoms. The van der Waals surface area contributed by atoms with Gasteiger partial charge in [0.1, 0.15) is 0 Å². The van der Waals surface area contributed by atoms with Gasteiger partial charge >= 0.3 is 6.18 Å². The monoisotopic (exact) mass is 400 g/mol. The predicted molar refractivity (Wildman–Crippen MR) is 96.3 cm³/mol. The van der Waals surface area contributed by atoms with Crippen molar-refractivity contribution >= 4 is 57.6 Å². The maximum atomic E-state index is 13.0. The van der Waals surface area contributed by atoms with Crippen LogP contribution in [-0.2, 0) is 11.0 Å². The summed E-state index contributed by atoms with van der Waals surface area (Å²) in [6.45, 7) is 0. The Kier molecular flexibility index (Phi) is 4.86. The zero-order valence-electron chi connectivity index (χ0n) is 12.2. The van der Waals surface area contributed by atoms with E-state index in [1.54, 1.807) is 30.5 Å². The third kappa shape index (κ3) is 3.70. The number of halogens is 4. The molecule has 2 heterocycles. The van der Waals surface area contributed by atoms with Crippen LogP contribution < -0.4 is 4.90 Å². The summed E-state index contributed by atoms with van der Waals surface area (Å²) in [4.78, 5) is 18.0. The van der Waals surface area contributed by atoms with E-state index in [1.807, 2.05) is 0 Å². The molecule has 1 saturated heterocycles. The fraction of sp³-hybridized carbons (Fsp3) is 0.0625. The summed E-state index contributed by atoms with van der Waals surface area (Å²) in [5, 5.41) is -0.439. The van der Waals surface area contributed by atoms with Crippen molar-refractivity contribution in [1.29, 1.82) is 0 Å². The maximum Gasteiger partial charge on any atom is 0.417 e. The fourth-order valence-electron chi connectivity index (χ4n) is 2.16. The quantitative estimate of drug-likeness (QED) is 0.515. The third-order valence-corrected chi connectivity index (χ3v) is 4.91. The van der Waals surface area contributed by atoms with E-state index in [1.165, 1.54) is 6.07 Å². The molecule has 2 aromatic rings. The summed E-state index contributed by atoms with van der Waals surface area (Å²) >= 11 is 11.8. The second kappa shape index (κ2) is 6.78. The Bertz CT molecular complexity index is 885. The smallest absolute Gasteiger partial charge is 0.268 e. The number of anilines is 1. The molecule has 9 heteroatoms. The van der Waals surface area contributed by atoms with E-state index in [9.17, 15) is 18.0 Å². The molecule has 0 aliphatic carbocycles. The van der Waals surface area contributed by atoms with Crippen LogP contribution in [0.1, 0.15) is 11.3 Å². The minimum atomic E-state index is -4.63. The molecule has 0 N–H and O–H groups in total. The molecule has 1 aliphatic heterocycles. The van der Waals surface area contributed by atoms with Crippen LogP contribution >= 0.6 is 35.6 Å². The van der Waals surface area contributed by atoms with Gasteiger partial charge in [0.15, 0.2) is 4.32 Å². The second-order valence-corrected chi connectivity index (χ2v) is 7.02. The van der Waals surface area contributed by atoms with Crippen molar-refractivity contribution in [2.24, 2.45) is 0 Å². The first kappa shape index (κ1) is 17.9. The van der Waals surface area contributed by atoms with Gasteiger partial charge in [-0.2, -0.15) is 13.2 Å². The lowest BCUT2D eigenvalue weighted by Crippen LogP contribution is -2.27. The molecule has 1 fully saturated rings. The SMILES string of the molecule is O=C1C(=Cc2ccccn2)SC(=S)N1c1ccc(Cl)c(C(F)(F)F)c1. The number of nitrogens with zero attached hydrogens (tertiary/aromatic N) is 2. The highest BCUT2D eigenvalue weighted by Crippen LogP contribution is 2.40. The van der Waals surface area contributed by atoms with Gasteiger partial charge in [0.2, 0.25) is 0 Å². The Morgan fingerprint density at radius 2 is 2.00 bits per heavy atom. The summed E-state index contributed by atoms with van der Waals surface area (Å²) < 4.78 is 39.2. The van der Waals surface area contributed by atoms with Gasteiger partial charge in [0.25, 0.3) is 5.91 Å². The van der Waals surface area contributed by atoms with Crippen LogP contribution in [0.4, 0.5) is 18.9 Å². The van der Waals surface area contributed by atoms with Crippen molar-refractivity contribution in [1.82, 2.24) is 4.98 Å². The number of benzene rings is 1. The summed E-state index contributed by atoms with van der Waals surface area (Å²) in [7, 11) is 0. The van der Waals surface area contributed by atoms with Crippen molar-refractivity contribution in [3.05, 3.63) is 63.8 Å². The van der Waals surface area contributed by atoms with E-state index in [0.717, 1.165) is 28.8 Å². The lowest BCUT2D eigenvalue weighted by Gasteiger charge is -2.17. The maximum absolute atomic E-state index is 13.0. The predicted octanol–water partition coefficient (Wildman–Crippen LogP) is 5.16. The van der Waals surface area contributed by atoms with Crippen molar-refractivity contribution in [2.45, 2.75) is 6.18 Å². The molecule has 1 aromatic heterocycles. The zero-order valence-corrected chi connectivity index (χ0v) is 14.6. The average Bonchev–Trinajstić information content (AvgIpc) is 2.82. The van der Waals surface area contributed by atoms with Gasteiger partial charge in [-0.05, 0) is 36.4 Å². The van der Waals surface area contributed by atoms with Crippen molar-refractivity contribution in [3.8, 4) is 0 Å². The van der Waals surface area contributed by atoms with Crippen molar-refractivity contribution < 1.29 is 18.0 Å². The van der Waals surface area contributed by atoms with E-state index < -0.39 is 22.7 Å². The molecule has 1 amide bonds. The van der Waals surface area contributed by atoms with Crippen LogP contribution in [0.15, 0.2) is 47.5 Å². The molecular weight excluding hydrogens is 393 g/mol. The number of thioether (sulfide) groups is 1. The Morgan fingerprint density at radius 3 is 2.64 bits per heavy atom. The van der Waals surface area contributed by atoms with Crippen LogP contribution in [0.2, 0.25) is 5.02 Å². The minimum Gasteiger partial charge on any atom is -0.268 e. The average molecular weight is 401 g/mol. The molecular formula is C16H8ClF3N2OS2.